The van der Waals surface area contributed by atoms with Gasteiger partial charge in [0.15, 0.2) is 0 Å². The number of hydrogen-bond acceptors (Lipinski definition) is 3. The van der Waals surface area contributed by atoms with E-state index in [1.165, 1.54) is 31.2 Å². The molecule has 1 aromatic carbocycles. The van der Waals surface area contributed by atoms with Crippen molar-refractivity contribution in [3.63, 3.8) is 0 Å². The molecule has 28 heavy (non-hydrogen) atoms. The third-order valence-corrected chi connectivity index (χ3v) is 5.71. The zero-order valence-electron chi connectivity index (χ0n) is 17.3. The lowest BCUT2D eigenvalue weighted by atomic mass is 9.90. The number of ether oxygens (including phenoxy) is 1. The fourth-order valence-corrected chi connectivity index (χ4v) is 3.91. The van der Waals surface area contributed by atoms with E-state index in [0.717, 1.165) is 23.6 Å². The predicted octanol–water partition coefficient (Wildman–Crippen LogP) is 4.83. The molecular formula is C23H31N3O2. The Morgan fingerprint density at radius 2 is 2.04 bits per heavy atom. The number of rotatable bonds is 8. The smallest absolute Gasteiger partial charge is 0.252 e. The molecule has 2 saturated carbocycles. The minimum absolute atomic E-state index is 0.0697. The van der Waals surface area contributed by atoms with Crippen molar-refractivity contribution in [2.75, 3.05) is 0 Å². The standard InChI is InChI=1S/C23H31N3O2/c1-14(2)28-20-12-18(9-10-19(20)17-7-8-17)22(27)24-23(4,13-16-5-6-16)21-11-15(3)25-26-21/h9-12,14,16-17H,5-8,13H2,1-4H3,(H,24,27)(H,25,26)/t23-/m1/s1. The number of hydrogen-bond donors (Lipinski definition) is 2. The van der Waals surface area contributed by atoms with Crippen LogP contribution in [0.2, 0.25) is 0 Å². The second-order valence-electron chi connectivity index (χ2n) is 9.06. The normalized spacial score (nSPS) is 18.8. The van der Waals surface area contributed by atoms with Crippen molar-refractivity contribution in [1.29, 1.82) is 0 Å². The van der Waals surface area contributed by atoms with Crippen LogP contribution in [0.4, 0.5) is 0 Å². The van der Waals surface area contributed by atoms with E-state index in [1.807, 2.05) is 39.0 Å². The van der Waals surface area contributed by atoms with Gasteiger partial charge in [-0.2, -0.15) is 5.10 Å². The average Bonchev–Trinajstić information content (AvgIpc) is 3.55. The first-order valence-corrected chi connectivity index (χ1v) is 10.5. The molecule has 5 nitrogen and oxygen atoms in total. The number of benzene rings is 1. The molecule has 2 aromatic rings. The van der Waals surface area contributed by atoms with Gasteiger partial charge in [0, 0.05) is 11.3 Å². The van der Waals surface area contributed by atoms with E-state index in [0.29, 0.717) is 17.4 Å². The van der Waals surface area contributed by atoms with Crippen LogP contribution in [0.3, 0.4) is 0 Å². The van der Waals surface area contributed by atoms with Gasteiger partial charge in [-0.15, -0.1) is 0 Å². The topological polar surface area (TPSA) is 67.0 Å². The van der Waals surface area contributed by atoms with Crippen LogP contribution in [0, 0.1) is 12.8 Å². The van der Waals surface area contributed by atoms with E-state index < -0.39 is 5.54 Å². The molecule has 2 fully saturated rings. The third-order valence-electron chi connectivity index (χ3n) is 5.71. The van der Waals surface area contributed by atoms with Crippen molar-refractivity contribution in [1.82, 2.24) is 15.5 Å². The molecule has 0 saturated heterocycles. The molecule has 0 radical (unpaired) electrons. The first-order valence-electron chi connectivity index (χ1n) is 10.5. The van der Waals surface area contributed by atoms with Gasteiger partial charge in [-0.3, -0.25) is 9.89 Å². The Labute approximate surface area is 167 Å². The Kier molecular flexibility index (Phi) is 4.94. The largest absolute Gasteiger partial charge is 0.491 e. The van der Waals surface area contributed by atoms with Gasteiger partial charge in [0.05, 0.1) is 17.3 Å². The molecule has 2 aliphatic rings. The lowest BCUT2D eigenvalue weighted by Gasteiger charge is -2.29. The van der Waals surface area contributed by atoms with E-state index in [1.54, 1.807) is 0 Å². The molecule has 0 bridgehead atoms. The summed E-state index contributed by atoms with van der Waals surface area (Å²) < 4.78 is 6.03. The van der Waals surface area contributed by atoms with E-state index in [4.69, 9.17) is 4.74 Å². The minimum atomic E-state index is -0.475. The molecule has 2 N–H and O–H groups in total. The van der Waals surface area contributed by atoms with Crippen LogP contribution < -0.4 is 10.1 Å². The first-order chi connectivity index (χ1) is 13.3. The second-order valence-corrected chi connectivity index (χ2v) is 9.06. The van der Waals surface area contributed by atoms with Gasteiger partial charge in [-0.1, -0.05) is 18.9 Å². The summed E-state index contributed by atoms with van der Waals surface area (Å²) in [5, 5.41) is 10.7. The molecule has 2 aliphatic carbocycles. The molecule has 1 heterocycles. The zero-order chi connectivity index (χ0) is 19.9. The van der Waals surface area contributed by atoms with Crippen LogP contribution in [0.15, 0.2) is 24.3 Å². The summed E-state index contributed by atoms with van der Waals surface area (Å²) in [5.74, 6) is 2.03. The second kappa shape index (κ2) is 7.26. The fourth-order valence-electron chi connectivity index (χ4n) is 3.91. The highest BCUT2D eigenvalue weighted by Crippen LogP contribution is 2.45. The van der Waals surface area contributed by atoms with Crippen LogP contribution in [-0.4, -0.2) is 22.2 Å². The van der Waals surface area contributed by atoms with Gasteiger partial charge in [0.2, 0.25) is 0 Å². The van der Waals surface area contributed by atoms with Gasteiger partial charge >= 0.3 is 0 Å². The molecule has 1 aromatic heterocycles. The number of carbonyl (C=O) groups is 1. The maximum Gasteiger partial charge on any atom is 0.252 e. The Hall–Kier alpha value is -2.30. The number of carbonyl (C=O) groups excluding carboxylic acids is 1. The van der Waals surface area contributed by atoms with Crippen molar-refractivity contribution in [2.45, 2.75) is 77.4 Å². The van der Waals surface area contributed by atoms with E-state index in [-0.39, 0.29) is 12.0 Å². The molecule has 1 amide bonds. The van der Waals surface area contributed by atoms with E-state index >= 15 is 0 Å². The maximum absolute atomic E-state index is 13.2. The zero-order valence-corrected chi connectivity index (χ0v) is 17.3. The molecule has 150 valence electrons. The highest BCUT2D eigenvalue weighted by Gasteiger charge is 2.38. The quantitative estimate of drug-likeness (QED) is 0.688. The van der Waals surface area contributed by atoms with Crippen LogP contribution in [0.5, 0.6) is 5.75 Å². The van der Waals surface area contributed by atoms with Crippen molar-refractivity contribution in [3.8, 4) is 5.75 Å². The summed E-state index contributed by atoms with van der Waals surface area (Å²) in [5.41, 5.74) is 3.31. The third kappa shape index (κ3) is 4.23. The van der Waals surface area contributed by atoms with Crippen molar-refractivity contribution in [3.05, 3.63) is 46.8 Å². The highest BCUT2D eigenvalue weighted by atomic mass is 16.5. The SMILES string of the molecule is Cc1cc([C@@](C)(CC2CC2)NC(=O)c2ccc(C3CC3)c(OC(C)C)c2)n[nH]1. The van der Waals surface area contributed by atoms with Gasteiger partial charge in [0.25, 0.3) is 5.91 Å². The Morgan fingerprint density at radius 1 is 1.29 bits per heavy atom. The summed E-state index contributed by atoms with van der Waals surface area (Å²) in [6.45, 7) is 8.12. The van der Waals surface area contributed by atoms with Crippen LogP contribution in [0.1, 0.15) is 86.1 Å². The number of amides is 1. The number of aryl methyl sites for hydroxylation is 1. The predicted molar refractivity (Wildman–Crippen MR) is 110 cm³/mol. The Balaban J connectivity index is 1.58. The molecule has 0 aliphatic heterocycles. The lowest BCUT2D eigenvalue weighted by molar-refractivity contribution is 0.0893. The summed E-state index contributed by atoms with van der Waals surface area (Å²) in [4.78, 5) is 13.2. The monoisotopic (exact) mass is 381 g/mol. The lowest BCUT2D eigenvalue weighted by Crippen LogP contribution is -2.44. The number of H-pyrrole nitrogens is 1. The number of nitrogens with zero attached hydrogens (tertiary/aromatic N) is 1. The van der Waals surface area contributed by atoms with E-state index in [9.17, 15) is 4.79 Å². The van der Waals surface area contributed by atoms with Crippen molar-refractivity contribution in [2.24, 2.45) is 5.92 Å². The summed E-state index contributed by atoms with van der Waals surface area (Å²) >= 11 is 0. The minimum Gasteiger partial charge on any atom is -0.491 e. The van der Waals surface area contributed by atoms with Gasteiger partial charge in [-0.05, 0) is 82.6 Å². The number of aromatic amines is 1. The number of aromatic nitrogens is 2. The first kappa shape index (κ1) is 19.0. The van der Waals surface area contributed by atoms with E-state index in [2.05, 4.69) is 28.5 Å². The summed E-state index contributed by atoms with van der Waals surface area (Å²) in [6, 6.07) is 7.95. The molecule has 1 atom stereocenters. The van der Waals surface area contributed by atoms with Crippen molar-refractivity contribution >= 4 is 5.91 Å². The molecule has 0 unspecified atom stereocenters. The van der Waals surface area contributed by atoms with Crippen LogP contribution in [-0.2, 0) is 5.54 Å². The molecule has 0 spiro atoms. The molecule has 4 rings (SSSR count). The molecular weight excluding hydrogens is 350 g/mol. The van der Waals surface area contributed by atoms with Crippen molar-refractivity contribution < 1.29 is 9.53 Å². The maximum atomic E-state index is 13.2. The summed E-state index contributed by atoms with van der Waals surface area (Å²) in [6.07, 6.45) is 5.88. The van der Waals surface area contributed by atoms with Gasteiger partial charge in [-0.25, -0.2) is 0 Å². The van der Waals surface area contributed by atoms with Gasteiger partial charge < -0.3 is 10.1 Å². The Morgan fingerprint density at radius 3 is 2.61 bits per heavy atom. The summed E-state index contributed by atoms with van der Waals surface area (Å²) in [7, 11) is 0. The highest BCUT2D eigenvalue weighted by molar-refractivity contribution is 5.95. The fraction of sp³-hybridized carbons (Fsp3) is 0.565. The van der Waals surface area contributed by atoms with Gasteiger partial charge in [0.1, 0.15) is 5.75 Å². The van der Waals surface area contributed by atoms with Crippen LogP contribution >= 0.6 is 0 Å². The number of nitrogens with one attached hydrogen (secondary N) is 2. The molecule has 5 heteroatoms. The average molecular weight is 382 g/mol. The Bertz CT molecular complexity index is 864. The van der Waals surface area contributed by atoms with Crippen LogP contribution in [0.25, 0.3) is 0 Å².